The van der Waals surface area contributed by atoms with E-state index >= 15 is 0 Å². The Morgan fingerprint density at radius 3 is 1.15 bits per heavy atom. The van der Waals surface area contributed by atoms with Crippen LogP contribution in [0.1, 0.15) is 38.0 Å². The smallest absolute Gasteiger partial charge is 0.251 e. The molecule has 3 aliphatic rings. The number of fused-ring (bicyclic) bond motifs is 3. The zero-order valence-corrected chi connectivity index (χ0v) is 22.1. The second-order valence-corrected chi connectivity index (χ2v) is 10.1. The maximum absolute atomic E-state index is 13.0. The lowest BCUT2D eigenvalue weighted by Gasteiger charge is -2.30. The van der Waals surface area contributed by atoms with Crippen molar-refractivity contribution < 1.29 is 42.8 Å². The zero-order chi connectivity index (χ0) is 28.4. The number of nitrogens with one attached hydrogen (secondary N) is 3. The van der Waals surface area contributed by atoms with Gasteiger partial charge >= 0.3 is 0 Å². The van der Waals surface area contributed by atoms with E-state index in [9.17, 15) is 14.4 Å². The quantitative estimate of drug-likeness (QED) is 0.359. The highest BCUT2D eigenvalue weighted by molar-refractivity contribution is 5.96. The summed E-state index contributed by atoms with van der Waals surface area (Å²) in [4.78, 5) is 39.0. The van der Waals surface area contributed by atoms with Crippen LogP contribution in [0.25, 0.3) is 0 Å². The van der Waals surface area contributed by atoms with E-state index in [0.717, 1.165) is 0 Å². The number of ether oxygens (including phenoxy) is 6. The van der Waals surface area contributed by atoms with Gasteiger partial charge in [0.2, 0.25) is 20.4 Å². The van der Waals surface area contributed by atoms with Crippen LogP contribution in [-0.2, 0) is 0 Å². The van der Waals surface area contributed by atoms with Crippen LogP contribution >= 0.6 is 0 Å². The third kappa shape index (κ3) is 5.62. The van der Waals surface area contributed by atoms with Gasteiger partial charge in [-0.1, -0.05) is 6.92 Å². The lowest BCUT2D eigenvalue weighted by atomic mass is 9.89. The van der Waals surface area contributed by atoms with Gasteiger partial charge in [-0.25, -0.2) is 0 Å². The van der Waals surface area contributed by atoms with Crippen molar-refractivity contribution in [3.63, 3.8) is 0 Å². The van der Waals surface area contributed by atoms with E-state index in [-0.39, 0.29) is 57.7 Å². The van der Waals surface area contributed by atoms with Crippen LogP contribution in [0.2, 0.25) is 0 Å². The summed E-state index contributed by atoms with van der Waals surface area (Å²) in [5.41, 5.74) is 0.408. The fourth-order valence-electron chi connectivity index (χ4n) is 4.49. The van der Waals surface area contributed by atoms with Gasteiger partial charge in [0.05, 0.1) is 0 Å². The van der Waals surface area contributed by atoms with Crippen molar-refractivity contribution in [2.45, 2.75) is 6.92 Å². The fourth-order valence-corrected chi connectivity index (χ4v) is 4.49. The van der Waals surface area contributed by atoms with Gasteiger partial charge in [0.15, 0.2) is 34.5 Å². The second-order valence-electron chi connectivity index (χ2n) is 10.1. The summed E-state index contributed by atoms with van der Waals surface area (Å²) in [6.07, 6.45) is 0. The molecule has 3 aromatic carbocycles. The molecule has 0 aliphatic carbocycles. The molecule has 0 aromatic heterocycles. The number of benzene rings is 3. The minimum Gasteiger partial charge on any atom is -0.454 e. The summed E-state index contributed by atoms with van der Waals surface area (Å²) in [5.74, 6) is 2.19. The molecule has 0 atom stereocenters. The van der Waals surface area contributed by atoms with Gasteiger partial charge in [-0.3, -0.25) is 14.4 Å². The first kappa shape index (κ1) is 26.1. The standard InChI is InChI=1S/C29H27N3O9/c1-29(11-30-26(33)17-2-5-20-23(8-17)39-14-36-20,12-31-27(34)18-3-6-21-24(9-18)40-15-37-21)13-32-28(35)19-4-7-22-25(10-19)41-16-38-22/h2-10H,11-16H2,1H3,(H,30,33)(H,31,34)(H,32,35). The number of carbonyl (C=O) groups excluding carboxylic acids is 3. The molecule has 0 saturated heterocycles. The zero-order valence-electron chi connectivity index (χ0n) is 22.1. The van der Waals surface area contributed by atoms with Gasteiger partial charge < -0.3 is 44.4 Å². The second kappa shape index (κ2) is 10.8. The van der Waals surface area contributed by atoms with Gasteiger partial charge in [0, 0.05) is 41.7 Å². The van der Waals surface area contributed by atoms with E-state index < -0.39 is 5.41 Å². The summed E-state index contributed by atoms with van der Waals surface area (Å²) >= 11 is 0. The van der Waals surface area contributed by atoms with E-state index in [0.29, 0.717) is 51.2 Å². The Morgan fingerprint density at radius 1 is 0.537 bits per heavy atom. The van der Waals surface area contributed by atoms with Crippen molar-refractivity contribution in [2.24, 2.45) is 5.41 Å². The summed E-state index contributed by atoms with van der Waals surface area (Å²) in [6, 6.07) is 14.8. The topological polar surface area (TPSA) is 143 Å². The molecule has 0 unspecified atom stereocenters. The number of hydrogen-bond acceptors (Lipinski definition) is 9. The van der Waals surface area contributed by atoms with Crippen LogP contribution < -0.4 is 44.4 Å². The number of rotatable bonds is 9. The maximum Gasteiger partial charge on any atom is 0.251 e. The molecule has 41 heavy (non-hydrogen) atoms. The Bertz CT molecular complexity index is 1350. The van der Waals surface area contributed by atoms with Gasteiger partial charge in [-0.15, -0.1) is 0 Å². The van der Waals surface area contributed by atoms with E-state index in [4.69, 9.17) is 28.4 Å². The van der Waals surface area contributed by atoms with Crippen molar-refractivity contribution in [1.29, 1.82) is 0 Å². The molecule has 212 valence electrons. The summed E-state index contributed by atoms with van der Waals surface area (Å²) < 4.78 is 32.1. The van der Waals surface area contributed by atoms with E-state index in [1.165, 1.54) is 0 Å². The Labute approximate surface area is 234 Å². The van der Waals surface area contributed by atoms with Crippen LogP contribution in [0.15, 0.2) is 54.6 Å². The minimum atomic E-state index is -0.774. The Balaban J connectivity index is 1.13. The van der Waals surface area contributed by atoms with E-state index in [1.54, 1.807) is 54.6 Å². The first-order valence-electron chi connectivity index (χ1n) is 12.9. The third-order valence-electron chi connectivity index (χ3n) is 6.93. The molecule has 3 aliphatic heterocycles. The average Bonchev–Trinajstić information content (AvgIpc) is 3.77. The first-order chi connectivity index (χ1) is 19.9. The normalized spacial score (nSPS) is 14.0. The molecule has 0 saturated carbocycles. The molecule has 3 N–H and O–H groups in total. The third-order valence-corrected chi connectivity index (χ3v) is 6.93. The first-order valence-corrected chi connectivity index (χ1v) is 12.9. The van der Waals surface area contributed by atoms with E-state index in [2.05, 4.69) is 16.0 Å². The largest absolute Gasteiger partial charge is 0.454 e. The minimum absolute atomic E-state index is 0.102. The van der Waals surface area contributed by atoms with Gasteiger partial charge in [0.25, 0.3) is 17.7 Å². The lowest BCUT2D eigenvalue weighted by Crippen LogP contribution is -2.50. The fraction of sp³-hybridized carbons (Fsp3) is 0.276. The van der Waals surface area contributed by atoms with Crippen LogP contribution in [0.5, 0.6) is 34.5 Å². The highest BCUT2D eigenvalue weighted by Gasteiger charge is 2.29. The van der Waals surface area contributed by atoms with Crippen molar-refractivity contribution >= 4 is 17.7 Å². The highest BCUT2D eigenvalue weighted by atomic mass is 16.7. The predicted octanol–water partition coefficient (Wildman–Crippen LogP) is 2.47. The molecular formula is C29H27N3O9. The molecule has 0 radical (unpaired) electrons. The Morgan fingerprint density at radius 2 is 0.829 bits per heavy atom. The SMILES string of the molecule is CC(CNC(=O)c1ccc2c(c1)OCO2)(CNC(=O)c1ccc2c(c1)OCO2)CNC(=O)c1ccc2c(c1)OCO2. The Hall–Kier alpha value is -5.13. The van der Waals surface area contributed by atoms with Crippen LogP contribution in [0, 0.1) is 5.41 Å². The molecule has 12 nitrogen and oxygen atoms in total. The van der Waals surface area contributed by atoms with Crippen molar-refractivity contribution in [3.05, 3.63) is 71.3 Å². The van der Waals surface area contributed by atoms with Crippen molar-refractivity contribution in [3.8, 4) is 34.5 Å². The van der Waals surface area contributed by atoms with E-state index in [1.807, 2.05) is 6.92 Å². The van der Waals surface area contributed by atoms with Crippen LogP contribution in [0.4, 0.5) is 0 Å². The molecule has 0 fully saturated rings. The predicted molar refractivity (Wildman–Crippen MR) is 143 cm³/mol. The molecule has 12 heteroatoms. The number of carbonyl (C=O) groups is 3. The number of amides is 3. The average molecular weight is 562 g/mol. The molecule has 6 rings (SSSR count). The molecule has 0 spiro atoms. The van der Waals surface area contributed by atoms with Crippen LogP contribution in [-0.4, -0.2) is 57.7 Å². The molecular weight excluding hydrogens is 534 g/mol. The summed E-state index contributed by atoms with van der Waals surface area (Å²) in [6.45, 7) is 2.59. The highest BCUT2D eigenvalue weighted by Crippen LogP contribution is 2.34. The van der Waals surface area contributed by atoms with Crippen molar-refractivity contribution in [2.75, 3.05) is 40.0 Å². The maximum atomic E-state index is 13.0. The summed E-state index contributed by atoms with van der Waals surface area (Å²) in [5, 5.41) is 8.74. The molecule has 3 amide bonds. The molecule has 3 aromatic rings. The Kier molecular flexibility index (Phi) is 6.88. The summed E-state index contributed by atoms with van der Waals surface area (Å²) in [7, 11) is 0. The van der Waals surface area contributed by atoms with Gasteiger partial charge in [0.1, 0.15) is 0 Å². The lowest BCUT2D eigenvalue weighted by molar-refractivity contribution is 0.0895. The number of hydrogen-bond donors (Lipinski definition) is 3. The van der Waals surface area contributed by atoms with Crippen molar-refractivity contribution in [1.82, 2.24) is 16.0 Å². The molecule has 3 heterocycles. The monoisotopic (exact) mass is 561 g/mol. The van der Waals surface area contributed by atoms with Crippen LogP contribution in [0.3, 0.4) is 0 Å². The molecule has 0 bridgehead atoms. The van der Waals surface area contributed by atoms with Gasteiger partial charge in [-0.05, 0) is 54.6 Å². The van der Waals surface area contributed by atoms with Gasteiger partial charge in [-0.2, -0.15) is 0 Å².